The topological polar surface area (TPSA) is 86.9 Å². The number of rotatable bonds is 5. The number of nitrogens with zero attached hydrogens (tertiary/aromatic N) is 1. The van der Waals surface area contributed by atoms with Crippen molar-refractivity contribution in [2.24, 2.45) is 0 Å². The Morgan fingerprint density at radius 2 is 2.15 bits per heavy atom. The van der Waals surface area contributed by atoms with Crippen LogP contribution in [0.5, 0.6) is 0 Å². The monoisotopic (exact) mass is 358 g/mol. The third-order valence-corrected chi connectivity index (χ3v) is 4.62. The van der Waals surface area contributed by atoms with E-state index in [-0.39, 0.29) is 5.03 Å². The molecule has 2 aromatic rings. The fourth-order valence-corrected chi connectivity index (χ4v) is 3.52. The highest BCUT2D eigenvalue weighted by Gasteiger charge is 2.21. The maximum Gasteiger partial charge on any atom is 0.279 e. The molecular weight excluding hydrogens is 344 g/mol. The average molecular weight is 359 g/mol. The highest BCUT2D eigenvalue weighted by atomic mass is 79.9. The molecule has 0 spiro atoms. The molecule has 1 aromatic heterocycles. The Hall–Kier alpha value is -1.38. The van der Waals surface area contributed by atoms with Crippen LogP contribution in [-0.2, 0) is 16.6 Å². The predicted octanol–water partition coefficient (Wildman–Crippen LogP) is 2.00. The van der Waals surface area contributed by atoms with Gasteiger partial charge in [-0.25, -0.2) is 0 Å². The Morgan fingerprint density at radius 3 is 2.80 bits per heavy atom. The van der Waals surface area contributed by atoms with E-state index >= 15 is 0 Å². The van der Waals surface area contributed by atoms with Gasteiger partial charge in [-0.2, -0.15) is 13.5 Å². The van der Waals surface area contributed by atoms with Crippen LogP contribution < -0.4 is 10.0 Å². The Bertz CT molecular complexity index is 712. The van der Waals surface area contributed by atoms with Gasteiger partial charge in [-0.05, 0) is 37.7 Å². The average Bonchev–Trinajstić information content (AvgIpc) is 2.82. The lowest BCUT2D eigenvalue weighted by atomic mass is 10.2. The number of halogens is 1. The van der Waals surface area contributed by atoms with Crippen LogP contribution in [0, 0.1) is 6.92 Å². The number of benzene rings is 1. The van der Waals surface area contributed by atoms with Crippen LogP contribution in [0.1, 0.15) is 11.1 Å². The lowest BCUT2D eigenvalue weighted by molar-refractivity contribution is 0.595. The zero-order chi connectivity index (χ0) is 14.8. The van der Waals surface area contributed by atoms with Gasteiger partial charge in [0, 0.05) is 16.6 Å². The number of aromatic nitrogens is 2. The first-order chi connectivity index (χ1) is 9.44. The van der Waals surface area contributed by atoms with Gasteiger partial charge < -0.3 is 5.32 Å². The first kappa shape index (κ1) is 15.0. The minimum absolute atomic E-state index is 0.0779. The van der Waals surface area contributed by atoms with Crippen LogP contribution in [0.15, 0.2) is 33.9 Å². The zero-order valence-corrected chi connectivity index (χ0v) is 13.5. The Labute approximate surface area is 126 Å². The summed E-state index contributed by atoms with van der Waals surface area (Å²) < 4.78 is 28.2. The van der Waals surface area contributed by atoms with E-state index in [1.54, 1.807) is 19.2 Å². The molecule has 108 valence electrons. The standard InChI is InChI=1S/C12H15BrN4O2S/c1-8-5-10(13)3-4-11(8)17-20(18,19)12-9(6-14-2)7-15-16-12/h3-5,7,14,17H,6H2,1-2H3,(H,15,16). The number of aromatic amines is 1. The molecule has 1 aromatic carbocycles. The van der Waals surface area contributed by atoms with Crippen molar-refractivity contribution >= 4 is 31.6 Å². The second-order valence-electron chi connectivity index (χ2n) is 4.32. The summed E-state index contributed by atoms with van der Waals surface area (Å²) in [5, 5.41) is 9.31. The second-order valence-corrected chi connectivity index (χ2v) is 6.85. The van der Waals surface area contributed by atoms with E-state index in [1.807, 2.05) is 13.0 Å². The molecule has 0 amide bonds. The highest BCUT2D eigenvalue weighted by molar-refractivity contribution is 9.10. The molecule has 0 aliphatic heterocycles. The molecule has 0 aliphatic rings. The van der Waals surface area contributed by atoms with Gasteiger partial charge in [0.05, 0.1) is 11.9 Å². The van der Waals surface area contributed by atoms with Gasteiger partial charge in [0.2, 0.25) is 0 Å². The molecule has 1 heterocycles. The maximum absolute atomic E-state index is 12.4. The fraction of sp³-hybridized carbons (Fsp3) is 0.250. The molecule has 0 radical (unpaired) electrons. The summed E-state index contributed by atoms with van der Waals surface area (Å²) in [5.74, 6) is 0. The van der Waals surface area contributed by atoms with Gasteiger partial charge in [-0.3, -0.25) is 9.82 Å². The summed E-state index contributed by atoms with van der Waals surface area (Å²) in [6.45, 7) is 2.26. The molecule has 0 atom stereocenters. The molecule has 3 N–H and O–H groups in total. The molecule has 0 aliphatic carbocycles. The summed E-state index contributed by atoms with van der Waals surface area (Å²) in [6.07, 6.45) is 1.50. The molecule has 8 heteroatoms. The van der Waals surface area contributed by atoms with E-state index in [1.165, 1.54) is 6.20 Å². The van der Waals surface area contributed by atoms with E-state index in [9.17, 15) is 8.42 Å². The maximum atomic E-state index is 12.4. The summed E-state index contributed by atoms with van der Waals surface area (Å²) in [6, 6.07) is 5.34. The number of nitrogens with one attached hydrogen (secondary N) is 3. The van der Waals surface area contributed by atoms with Gasteiger partial charge in [0.1, 0.15) is 0 Å². The van der Waals surface area contributed by atoms with Crippen molar-refractivity contribution in [3.63, 3.8) is 0 Å². The minimum Gasteiger partial charge on any atom is -0.316 e. The van der Waals surface area contributed by atoms with Gasteiger partial charge in [0.25, 0.3) is 10.0 Å². The SMILES string of the molecule is CNCc1cn[nH]c1S(=O)(=O)Nc1ccc(Br)cc1C. The first-order valence-electron chi connectivity index (χ1n) is 5.90. The van der Waals surface area contributed by atoms with Crippen molar-refractivity contribution in [3.05, 3.63) is 40.0 Å². The Kier molecular flexibility index (Phi) is 4.46. The molecule has 20 heavy (non-hydrogen) atoms. The van der Waals surface area contributed by atoms with E-state index in [0.717, 1.165) is 10.0 Å². The highest BCUT2D eigenvalue weighted by Crippen LogP contribution is 2.23. The van der Waals surface area contributed by atoms with Crippen LogP contribution in [-0.4, -0.2) is 25.7 Å². The van der Waals surface area contributed by atoms with E-state index in [0.29, 0.717) is 17.8 Å². The van der Waals surface area contributed by atoms with Gasteiger partial charge in [-0.15, -0.1) is 0 Å². The van der Waals surface area contributed by atoms with Crippen molar-refractivity contribution in [2.75, 3.05) is 11.8 Å². The third kappa shape index (κ3) is 3.20. The Morgan fingerprint density at radius 1 is 1.40 bits per heavy atom. The summed E-state index contributed by atoms with van der Waals surface area (Å²) in [4.78, 5) is 0. The van der Waals surface area contributed by atoms with Gasteiger partial charge in [0.15, 0.2) is 5.03 Å². The van der Waals surface area contributed by atoms with Gasteiger partial charge in [-0.1, -0.05) is 15.9 Å². The molecule has 0 fully saturated rings. The smallest absolute Gasteiger partial charge is 0.279 e. The quantitative estimate of drug-likeness (QED) is 0.762. The fourth-order valence-electron chi connectivity index (χ4n) is 1.79. The predicted molar refractivity (Wildman–Crippen MR) is 81.0 cm³/mol. The molecular formula is C12H15BrN4O2S. The van der Waals surface area contributed by atoms with Crippen molar-refractivity contribution in [1.82, 2.24) is 15.5 Å². The molecule has 6 nitrogen and oxygen atoms in total. The molecule has 0 saturated carbocycles. The van der Waals surface area contributed by atoms with Crippen molar-refractivity contribution < 1.29 is 8.42 Å². The third-order valence-electron chi connectivity index (χ3n) is 2.75. The summed E-state index contributed by atoms with van der Waals surface area (Å²) in [5.41, 5.74) is 1.96. The number of hydrogen-bond donors (Lipinski definition) is 3. The molecule has 0 bridgehead atoms. The number of hydrogen-bond acceptors (Lipinski definition) is 4. The van der Waals surface area contributed by atoms with Crippen molar-refractivity contribution in [3.8, 4) is 0 Å². The Balaban J connectivity index is 2.33. The molecule has 2 rings (SSSR count). The normalized spacial score (nSPS) is 11.6. The van der Waals surface area contributed by atoms with Crippen molar-refractivity contribution in [2.45, 2.75) is 18.5 Å². The minimum atomic E-state index is -3.68. The summed E-state index contributed by atoms with van der Waals surface area (Å²) >= 11 is 3.35. The number of H-pyrrole nitrogens is 1. The lowest BCUT2D eigenvalue weighted by Crippen LogP contribution is -2.17. The van der Waals surface area contributed by atoms with Crippen LogP contribution >= 0.6 is 15.9 Å². The number of sulfonamides is 1. The van der Waals surface area contributed by atoms with Crippen LogP contribution in [0.3, 0.4) is 0 Å². The lowest BCUT2D eigenvalue weighted by Gasteiger charge is -2.10. The van der Waals surface area contributed by atoms with E-state index in [4.69, 9.17) is 0 Å². The zero-order valence-electron chi connectivity index (χ0n) is 11.1. The van der Waals surface area contributed by atoms with E-state index < -0.39 is 10.0 Å². The van der Waals surface area contributed by atoms with Gasteiger partial charge >= 0.3 is 0 Å². The second kappa shape index (κ2) is 5.94. The largest absolute Gasteiger partial charge is 0.316 e. The van der Waals surface area contributed by atoms with Crippen molar-refractivity contribution in [1.29, 1.82) is 0 Å². The number of aryl methyl sites for hydroxylation is 1. The molecule has 0 saturated heterocycles. The first-order valence-corrected chi connectivity index (χ1v) is 8.17. The van der Waals surface area contributed by atoms with Crippen LogP contribution in [0.4, 0.5) is 5.69 Å². The number of anilines is 1. The van der Waals surface area contributed by atoms with Crippen LogP contribution in [0.2, 0.25) is 0 Å². The van der Waals surface area contributed by atoms with E-state index in [2.05, 4.69) is 36.2 Å². The summed E-state index contributed by atoms with van der Waals surface area (Å²) in [7, 11) is -1.94. The van der Waals surface area contributed by atoms with Crippen LogP contribution in [0.25, 0.3) is 0 Å². The molecule has 0 unspecified atom stereocenters.